The predicted octanol–water partition coefficient (Wildman–Crippen LogP) is 3.04. The molecule has 0 aromatic heterocycles. The van der Waals surface area contributed by atoms with Crippen LogP contribution in [0.2, 0.25) is 0 Å². The summed E-state index contributed by atoms with van der Waals surface area (Å²) in [5, 5.41) is 2.62. The lowest BCUT2D eigenvalue weighted by atomic mass is 10.2. The third kappa shape index (κ3) is 6.64. The maximum Gasteiger partial charge on any atom is 0.344 e. The molecule has 0 heterocycles. The van der Waals surface area contributed by atoms with E-state index in [1.165, 1.54) is 0 Å². The highest BCUT2D eigenvalue weighted by molar-refractivity contribution is 5.96. The molecule has 0 fully saturated rings. The van der Waals surface area contributed by atoms with Crippen LogP contribution in [-0.4, -0.2) is 49.0 Å². The van der Waals surface area contributed by atoms with Gasteiger partial charge in [0, 0.05) is 24.3 Å². The van der Waals surface area contributed by atoms with Gasteiger partial charge >= 0.3 is 5.97 Å². The van der Waals surface area contributed by atoms with Crippen LogP contribution in [0.1, 0.15) is 29.8 Å². The molecular formula is C22H26N2O5. The smallest absolute Gasteiger partial charge is 0.344 e. The van der Waals surface area contributed by atoms with Gasteiger partial charge in [0.1, 0.15) is 5.75 Å². The average molecular weight is 398 g/mol. The zero-order valence-electron chi connectivity index (χ0n) is 16.9. The van der Waals surface area contributed by atoms with Crippen LogP contribution in [0.3, 0.4) is 0 Å². The number of hydrogen-bond donors (Lipinski definition) is 1. The second-order valence-corrected chi connectivity index (χ2v) is 6.32. The Morgan fingerprint density at radius 1 is 0.931 bits per heavy atom. The lowest BCUT2D eigenvalue weighted by Gasteiger charge is -2.18. The molecule has 0 aliphatic heterocycles. The molecule has 2 amide bonds. The monoisotopic (exact) mass is 398 g/mol. The highest BCUT2D eigenvalue weighted by Crippen LogP contribution is 2.16. The van der Waals surface area contributed by atoms with E-state index in [0.29, 0.717) is 30.1 Å². The number of benzene rings is 2. The Kier molecular flexibility index (Phi) is 8.21. The van der Waals surface area contributed by atoms with Gasteiger partial charge in [0.2, 0.25) is 0 Å². The van der Waals surface area contributed by atoms with Crippen molar-refractivity contribution in [3.63, 3.8) is 0 Å². The number of esters is 1. The van der Waals surface area contributed by atoms with E-state index in [1.54, 1.807) is 35.2 Å². The summed E-state index contributed by atoms with van der Waals surface area (Å²) >= 11 is 0. The summed E-state index contributed by atoms with van der Waals surface area (Å²) in [5.41, 5.74) is 1.96. The van der Waals surface area contributed by atoms with Gasteiger partial charge < -0.3 is 19.7 Å². The fourth-order valence-corrected chi connectivity index (χ4v) is 2.63. The Bertz CT molecular complexity index is 845. The van der Waals surface area contributed by atoms with Gasteiger partial charge in [-0.25, -0.2) is 4.79 Å². The first-order chi connectivity index (χ1) is 13.9. The minimum Gasteiger partial charge on any atom is -0.482 e. The molecule has 1 N–H and O–H groups in total. The van der Waals surface area contributed by atoms with Crippen LogP contribution in [0.4, 0.5) is 5.69 Å². The van der Waals surface area contributed by atoms with E-state index in [0.717, 1.165) is 5.56 Å². The molecule has 0 bridgehead atoms. The second kappa shape index (κ2) is 10.8. The summed E-state index contributed by atoms with van der Waals surface area (Å²) < 4.78 is 10.3. The van der Waals surface area contributed by atoms with E-state index >= 15 is 0 Å². The summed E-state index contributed by atoms with van der Waals surface area (Å²) in [6.07, 6.45) is 0. The van der Waals surface area contributed by atoms with Crippen LogP contribution in [0.15, 0.2) is 48.5 Å². The number of anilines is 1. The van der Waals surface area contributed by atoms with Gasteiger partial charge in [-0.15, -0.1) is 0 Å². The van der Waals surface area contributed by atoms with E-state index < -0.39 is 18.5 Å². The van der Waals surface area contributed by atoms with Crippen molar-refractivity contribution in [1.29, 1.82) is 0 Å². The van der Waals surface area contributed by atoms with Crippen LogP contribution in [0.5, 0.6) is 5.75 Å². The number of para-hydroxylation sites is 1. The quantitative estimate of drug-likeness (QED) is 0.657. The number of amides is 2. The second-order valence-electron chi connectivity index (χ2n) is 6.32. The molecule has 2 aromatic carbocycles. The summed E-state index contributed by atoms with van der Waals surface area (Å²) in [7, 11) is 0. The van der Waals surface area contributed by atoms with Crippen LogP contribution >= 0.6 is 0 Å². The van der Waals surface area contributed by atoms with Gasteiger partial charge in [0.15, 0.2) is 13.2 Å². The molecule has 0 aliphatic carbocycles. The summed E-state index contributed by atoms with van der Waals surface area (Å²) in [4.78, 5) is 37.7. The van der Waals surface area contributed by atoms with Crippen molar-refractivity contribution in [1.82, 2.24) is 4.90 Å². The third-order valence-electron chi connectivity index (χ3n) is 4.27. The van der Waals surface area contributed by atoms with Crippen molar-refractivity contribution in [3.8, 4) is 5.75 Å². The number of ether oxygens (including phenoxy) is 2. The summed E-state index contributed by atoms with van der Waals surface area (Å²) in [6.45, 7) is 6.28. The molecule has 2 aromatic rings. The van der Waals surface area contributed by atoms with E-state index in [-0.39, 0.29) is 12.5 Å². The number of rotatable bonds is 9. The van der Waals surface area contributed by atoms with Crippen molar-refractivity contribution in [3.05, 3.63) is 59.7 Å². The van der Waals surface area contributed by atoms with E-state index in [4.69, 9.17) is 9.47 Å². The number of aryl methyl sites for hydroxylation is 1. The predicted molar refractivity (Wildman–Crippen MR) is 110 cm³/mol. The first-order valence-electron chi connectivity index (χ1n) is 9.47. The molecule has 29 heavy (non-hydrogen) atoms. The van der Waals surface area contributed by atoms with E-state index in [1.807, 2.05) is 39.0 Å². The molecule has 0 radical (unpaired) electrons. The van der Waals surface area contributed by atoms with Crippen LogP contribution < -0.4 is 10.1 Å². The summed E-state index contributed by atoms with van der Waals surface area (Å²) in [5.74, 6) is -0.579. The molecule has 0 atom stereocenters. The SMILES string of the molecule is CCN(CC)C(=O)c1ccc(NC(=O)COC(=O)COc2ccccc2C)cc1. The van der Waals surface area contributed by atoms with Crippen LogP contribution in [0, 0.1) is 6.92 Å². The summed E-state index contributed by atoms with van der Waals surface area (Å²) in [6, 6.07) is 13.9. The Labute approximate surface area is 170 Å². The Balaban J connectivity index is 1.78. The molecule has 154 valence electrons. The zero-order chi connectivity index (χ0) is 21.2. The fourth-order valence-electron chi connectivity index (χ4n) is 2.63. The van der Waals surface area contributed by atoms with Crippen molar-refractivity contribution in [2.24, 2.45) is 0 Å². The highest BCUT2D eigenvalue weighted by atomic mass is 16.6. The number of hydrogen-bond acceptors (Lipinski definition) is 5. The van der Waals surface area contributed by atoms with Gasteiger partial charge in [-0.1, -0.05) is 18.2 Å². The first kappa shape index (κ1) is 21.9. The van der Waals surface area contributed by atoms with Gasteiger partial charge in [-0.2, -0.15) is 0 Å². The molecule has 0 saturated carbocycles. The number of carbonyl (C=O) groups excluding carboxylic acids is 3. The average Bonchev–Trinajstić information content (AvgIpc) is 2.73. The maximum atomic E-state index is 12.3. The van der Waals surface area contributed by atoms with Crippen LogP contribution in [0.25, 0.3) is 0 Å². The van der Waals surface area contributed by atoms with Gasteiger partial charge in [-0.05, 0) is 56.7 Å². The number of carbonyl (C=O) groups is 3. The maximum absolute atomic E-state index is 12.3. The van der Waals surface area contributed by atoms with Crippen molar-refractivity contribution in [2.75, 3.05) is 31.6 Å². The van der Waals surface area contributed by atoms with E-state index in [9.17, 15) is 14.4 Å². The fraction of sp³-hybridized carbons (Fsp3) is 0.318. The van der Waals surface area contributed by atoms with Gasteiger partial charge in [0.25, 0.3) is 11.8 Å². The third-order valence-corrected chi connectivity index (χ3v) is 4.27. The molecule has 0 aliphatic rings. The molecule has 0 saturated heterocycles. The molecule has 7 heteroatoms. The Morgan fingerprint density at radius 3 is 2.21 bits per heavy atom. The number of nitrogens with zero attached hydrogens (tertiary/aromatic N) is 1. The zero-order valence-corrected chi connectivity index (χ0v) is 16.9. The lowest BCUT2D eigenvalue weighted by Crippen LogP contribution is -2.30. The van der Waals surface area contributed by atoms with Gasteiger partial charge in [0.05, 0.1) is 0 Å². The van der Waals surface area contributed by atoms with E-state index in [2.05, 4.69) is 5.32 Å². The molecule has 0 spiro atoms. The minimum atomic E-state index is -0.636. The number of nitrogens with one attached hydrogen (secondary N) is 1. The molecular weight excluding hydrogens is 372 g/mol. The van der Waals surface area contributed by atoms with Crippen molar-refractivity contribution in [2.45, 2.75) is 20.8 Å². The molecule has 2 rings (SSSR count). The normalized spacial score (nSPS) is 10.2. The topological polar surface area (TPSA) is 84.9 Å². The lowest BCUT2D eigenvalue weighted by molar-refractivity contribution is -0.149. The Hall–Kier alpha value is -3.35. The highest BCUT2D eigenvalue weighted by Gasteiger charge is 2.13. The van der Waals surface area contributed by atoms with Crippen LogP contribution in [-0.2, 0) is 14.3 Å². The first-order valence-corrected chi connectivity index (χ1v) is 9.47. The standard InChI is InChI=1S/C22H26N2O5/c1-4-24(5-2)22(27)17-10-12-18(13-11-17)23-20(25)14-29-21(26)15-28-19-9-7-6-8-16(19)3/h6-13H,4-5,14-15H2,1-3H3,(H,23,25). The van der Waals surface area contributed by atoms with Crippen molar-refractivity contribution < 1.29 is 23.9 Å². The van der Waals surface area contributed by atoms with Crippen molar-refractivity contribution >= 4 is 23.5 Å². The Morgan fingerprint density at radius 2 is 1.59 bits per heavy atom. The molecule has 7 nitrogen and oxygen atoms in total. The largest absolute Gasteiger partial charge is 0.482 e. The minimum absolute atomic E-state index is 0.0598. The molecule has 0 unspecified atom stereocenters. The van der Waals surface area contributed by atoms with Gasteiger partial charge in [-0.3, -0.25) is 9.59 Å².